The molecule has 0 saturated heterocycles. The molecule has 82 valence electrons. The van der Waals surface area contributed by atoms with Crippen LogP contribution in [0.2, 0.25) is 5.02 Å². The fourth-order valence-electron chi connectivity index (χ4n) is 1.43. The van der Waals surface area contributed by atoms with Crippen molar-refractivity contribution in [2.24, 2.45) is 0 Å². The van der Waals surface area contributed by atoms with Crippen molar-refractivity contribution in [3.05, 3.63) is 53.0 Å². The summed E-state index contributed by atoms with van der Waals surface area (Å²) in [6.45, 7) is 0. The number of rotatable bonds is 1. The first-order chi connectivity index (χ1) is 7.59. The second kappa shape index (κ2) is 5.54. The third-order valence-electron chi connectivity index (χ3n) is 2.16. The number of benzene rings is 2. The highest BCUT2D eigenvalue weighted by molar-refractivity contribution is 14.1. The summed E-state index contributed by atoms with van der Waals surface area (Å²) >= 11 is 14.3. The lowest BCUT2D eigenvalue weighted by Crippen LogP contribution is -1.87. The van der Waals surface area contributed by atoms with E-state index in [0.717, 1.165) is 9.50 Å². The summed E-state index contributed by atoms with van der Waals surface area (Å²) in [6.07, 6.45) is 0. The maximum Gasteiger partial charge on any atom is 0.0424 e. The maximum absolute atomic E-state index is 6.09. The van der Waals surface area contributed by atoms with Gasteiger partial charge in [0.15, 0.2) is 0 Å². The Labute approximate surface area is 135 Å². The fraction of sp³-hybridized carbons (Fsp3) is 0. The van der Waals surface area contributed by atoms with E-state index in [1.165, 1.54) is 18.3 Å². The third-order valence-corrected chi connectivity index (χ3v) is 5.84. The Kier molecular flexibility index (Phi) is 4.54. The first-order valence-corrected chi connectivity index (χ1v) is 7.82. The molecule has 0 bridgehead atoms. The van der Waals surface area contributed by atoms with E-state index >= 15 is 0 Å². The topological polar surface area (TPSA) is 0 Å². The Bertz CT molecular complexity index is 541. The summed E-state index contributed by atoms with van der Waals surface area (Å²) in [5.74, 6) is 0. The minimum absolute atomic E-state index is 0.752. The van der Waals surface area contributed by atoms with Gasteiger partial charge in [0, 0.05) is 16.6 Å². The van der Waals surface area contributed by atoms with Crippen LogP contribution < -0.4 is 0 Å². The SMILES string of the molecule is Clc1cc(Br)c(I)c(-c2ccccc2I)c1. The number of halogens is 4. The van der Waals surface area contributed by atoms with Crippen LogP contribution >= 0.6 is 72.7 Å². The van der Waals surface area contributed by atoms with E-state index in [2.05, 4.69) is 73.2 Å². The van der Waals surface area contributed by atoms with Gasteiger partial charge in [-0.1, -0.05) is 29.8 Å². The predicted molar refractivity (Wildman–Crippen MR) is 90.0 cm³/mol. The van der Waals surface area contributed by atoms with Crippen molar-refractivity contribution in [2.45, 2.75) is 0 Å². The van der Waals surface area contributed by atoms with Crippen molar-refractivity contribution in [3.63, 3.8) is 0 Å². The van der Waals surface area contributed by atoms with Gasteiger partial charge in [-0.05, 0) is 90.4 Å². The normalized spacial score (nSPS) is 10.5. The molecule has 0 aliphatic carbocycles. The molecule has 2 aromatic rings. The van der Waals surface area contributed by atoms with Crippen LogP contribution in [0.15, 0.2) is 40.9 Å². The molecule has 0 radical (unpaired) electrons. The summed E-state index contributed by atoms with van der Waals surface area (Å²) < 4.78 is 3.45. The zero-order chi connectivity index (χ0) is 11.7. The molecule has 16 heavy (non-hydrogen) atoms. The lowest BCUT2D eigenvalue weighted by molar-refractivity contribution is 1.52. The molecule has 0 aliphatic rings. The van der Waals surface area contributed by atoms with Gasteiger partial charge in [-0.15, -0.1) is 0 Å². The summed E-state index contributed by atoms with van der Waals surface area (Å²) in [5, 5.41) is 0.752. The Morgan fingerprint density at radius 3 is 2.38 bits per heavy atom. The fourth-order valence-corrected chi connectivity index (χ4v) is 3.52. The zero-order valence-electron chi connectivity index (χ0n) is 7.98. The van der Waals surface area contributed by atoms with Crippen molar-refractivity contribution in [1.29, 1.82) is 0 Å². The molecule has 0 amide bonds. The molecule has 0 aliphatic heterocycles. The zero-order valence-corrected chi connectivity index (χ0v) is 14.6. The molecule has 0 spiro atoms. The number of hydrogen-bond acceptors (Lipinski definition) is 0. The van der Waals surface area contributed by atoms with Crippen LogP contribution in [-0.2, 0) is 0 Å². The molecule has 2 aromatic carbocycles. The lowest BCUT2D eigenvalue weighted by Gasteiger charge is -2.09. The molecule has 0 N–H and O–H groups in total. The van der Waals surface area contributed by atoms with Crippen LogP contribution in [0.25, 0.3) is 11.1 Å². The summed E-state index contributed by atoms with van der Waals surface area (Å²) in [7, 11) is 0. The smallest absolute Gasteiger partial charge is 0.0424 e. The van der Waals surface area contributed by atoms with E-state index in [0.29, 0.717) is 0 Å². The van der Waals surface area contributed by atoms with Gasteiger partial charge < -0.3 is 0 Å². The average molecular weight is 519 g/mol. The molecular weight excluding hydrogens is 513 g/mol. The van der Waals surface area contributed by atoms with E-state index < -0.39 is 0 Å². The van der Waals surface area contributed by atoms with Crippen LogP contribution in [0.1, 0.15) is 0 Å². The summed E-state index contributed by atoms with van der Waals surface area (Å²) in [6, 6.07) is 12.2. The highest BCUT2D eigenvalue weighted by Gasteiger charge is 2.10. The van der Waals surface area contributed by atoms with Gasteiger partial charge in [0.25, 0.3) is 0 Å². The van der Waals surface area contributed by atoms with Crippen LogP contribution in [0, 0.1) is 7.14 Å². The minimum Gasteiger partial charge on any atom is -0.0843 e. The molecule has 0 heterocycles. The van der Waals surface area contributed by atoms with Crippen molar-refractivity contribution >= 4 is 72.7 Å². The van der Waals surface area contributed by atoms with E-state index in [1.807, 2.05) is 24.3 Å². The predicted octanol–water partition coefficient (Wildman–Crippen LogP) is 5.98. The monoisotopic (exact) mass is 518 g/mol. The molecule has 0 nitrogen and oxygen atoms in total. The molecule has 0 fully saturated rings. The van der Waals surface area contributed by atoms with Gasteiger partial charge in [0.05, 0.1) is 0 Å². The maximum atomic E-state index is 6.09. The average Bonchev–Trinajstić information content (AvgIpc) is 2.24. The van der Waals surface area contributed by atoms with Crippen LogP contribution in [0.3, 0.4) is 0 Å². The molecule has 4 heteroatoms. The van der Waals surface area contributed by atoms with Gasteiger partial charge in [-0.25, -0.2) is 0 Å². The van der Waals surface area contributed by atoms with E-state index in [-0.39, 0.29) is 0 Å². The van der Waals surface area contributed by atoms with Crippen LogP contribution in [-0.4, -0.2) is 0 Å². The Morgan fingerprint density at radius 1 is 1.00 bits per heavy atom. The van der Waals surface area contributed by atoms with Crippen LogP contribution in [0.4, 0.5) is 0 Å². The standard InChI is InChI=1S/C12H6BrClI2/c13-10-6-7(14)5-9(12(10)16)8-3-1-2-4-11(8)15/h1-6H. The van der Waals surface area contributed by atoms with Gasteiger partial charge in [0.1, 0.15) is 0 Å². The molecule has 0 aromatic heterocycles. The summed E-state index contributed by atoms with van der Waals surface area (Å²) in [5.41, 5.74) is 2.39. The third kappa shape index (κ3) is 2.73. The van der Waals surface area contributed by atoms with Gasteiger partial charge in [-0.3, -0.25) is 0 Å². The first-order valence-electron chi connectivity index (χ1n) is 4.49. The lowest BCUT2D eigenvalue weighted by atomic mass is 10.1. The highest BCUT2D eigenvalue weighted by atomic mass is 127. The van der Waals surface area contributed by atoms with Gasteiger partial charge in [-0.2, -0.15) is 0 Å². The van der Waals surface area contributed by atoms with Gasteiger partial charge >= 0.3 is 0 Å². The quantitative estimate of drug-likeness (QED) is 0.322. The molecular formula is C12H6BrClI2. The molecule has 0 unspecified atom stereocenters. The van der Waals surface area contributed by atoms with E-state index in [9.17, 15) is 0 Å². The Morgan fingerprint density at radius 2 is 1.69 bits per heavy atom. The molecule has 0 atom stereocenters. The summed E-state index contributed by atoms with van der Waals surface area (Å²) in [4.78, 5) is 0. The minimum atomic E-state index is 0.752. The van der Waals surface area contributed by atoms with E-state index in [1.54, 1.807) is 0 Å². The van der Waals surface area contributed by atoms with E-state index in [4.69, 9.17) is 11.6 Å². The second-order valence-electron chi connectivity index (χ2n) is 3.23. The second-order valence-corrected chi connectivity index (χ2v) is 6.76. The Balaban J connectivity index is 2.69. The Hall–Kier alpha value is 0.670. The largest absolute Gasteiger partial charge is 0.0843 e. The van der Waals surface area contributed by atoms with Crippen molar-refractivity contribution in [1.82, 2.24) is 0 Å². The van der Waals surface area contributed by atoms with Crippen molar-refractivity contribution in [3.8, 4) is 11.1 Å². The molecule has 2 rings (SSSR count). The van der Waals surface area contributed by atoms with Gasteiger partial charge in [0.2, 0.25) is 0 Å². The number of hydrogen-bond donors (Lipinski definition) is 0. The first kappa shape index (κ1) is 13.1. The van der Waals surface area contributed by atoms with Crippen molar-refractivity contribution < 1.29 is 0 Å². The van der Waals surface area contributed by atoms with Crippen molar-refractivity contribution in [2.75, 3.05) is 0 Å². The van der Waals surface area contributed by atoms with Crippen LogP contribution in [0.5, 0.6) is 0 Å². The molecule has 0 saturated carbocycles. The highest BCUT2D eigenvalue weighted by Crippen LogP contribution is 2.35.